The molecule has 0 radical (unpaired) electrons. The van der Waals surface area contributed by atoms with Gasteiger partial charge in [0.2, 0.25) is 0 Å². The van der Waals surface area contributed by atoms with Gasteiger partial charge >= 0.3 is 5.97 Å². The van der Waals surface area contributed by atoms with Crippen LogP contribution >= 0.6 is 0 Å². The molecular formula is C5H8N2O2. The van der Waals surface area contributed by atoms with Gasteiger partial charge in [-0.3, -0.25) is 9.69 Å². The van der Waals surface area contributed by atoms with E-state index in [9.17, 15) is 4.79 Å². The van der Waals surface area contributed by atoms with E-state index in [1.54, 1.807) is 13.1 Å². The standard InChI is InChI=1S/C5H8N2O2/c1-2-7(4-6)3-5(8)9/h2-3H2,1H3,(H,8,9). The Balaban J connectivity index is 3.60. The van der Waals surface area contributed by atoms with Gasteiger partial charge in [-0.1, -0.05) is 0 Å². The normalized spacial score (nSPS) is 8.00. The van der Waals surface area contributed by atoms with E-state index < -0.39 is 5.97 Å². The van der Waals surface area contributed by atoms with Crippen LogP contribution in [-0.2, 0) is 4.79 Å². The third-order valence-corrected chi connectivity index (χ3v) is 0.849. The van der Waals surface area contributed by atoms with Crippen molar-refractivity contribution >= 4 is 5.97 Å². The van der Waals surface area contributed by atoms with Crippen molar-refractivity contribution in [2.45, 2.75) is 6.92 Å². The maximum absolute atomic E-state index is 9.93. The van der Waals surface area contributed by atoms with E-state index in [4.69, 9.17) is 10.4 Å². The quantitative estimate of drug-likeness (QED) is 0.425. The molecule has 0 fully saturated rings. The highest BCUT2D eigenvalue weighted by Gasteiger charge is 2.02. The molecule has 0 aromatic carbocycles. The first-order valence-electron chi connectivity index (χ1n) is 2.57. The highest BCUT2D eigenvalue weighted by Crippen LogP contribution is 1.81. The first-order valence-corrected chi connectivity index (χ1v) is 2.57. The molecule has 0 rings (SSSR count). The number of aliphatic carboxylic acids is 1. The zero-order valence-electron chi connectivity index (χ0n) is 5.16. The zero-order chi connectivity index (χ0) is 7.28. The number of likely N-dealkylation sites (N-methyl/N-ethyl adjacent to an activating group) is 1. The van der Waals surface area contributed by atoms with Crippen molar-refractivity contribution in [3.8, 4) is 6.19 Å². The molecule has 50 valence electrons. The summed E-state index contributed by atoms with van der Waals surface area (Å²) in [4.78, 5) is 11.1. The maximum atomic E-state index is 9.93. The van der Waals surface area contributed by atoms with E-state index in [0.717, 1.165) is 4.90 Å². The van der Waals surface area contributed by atoms with Crippen LogP contribution in [0.15, 0.2) is 0 Å². The minimum atomic E-state index is -0.974. The Kier molecular flexibility index (Phi) is 3.21. The maximum Gasteiger partial charge on any atom is 0.323 e. The summed E-state index contributed by atoms with van der Waals surface area (Å²) in [6.45, 7) is 1.97. The first kappa shape index (κ1) is 7.76. The molecule has 0 aliphatic carbocycles. The van der Waals surface area contributed by atoms with E-state index in [0.29, 0.717) is 6.54 Å². The van der Waals surface area contributed by atoms with Crippen molar-refractivity contribution in [2.75, 3.05) is 13.1 Å². The Labute approximate surface area is 53.3 Å². The van der Waals surface area contributed by atoms with Crippen LogP contribution in [0.4, 0.5) is 0 Å². The molecule has 0 aromatic rings. The van der Waals surface area contributed by atoms with E-state index in [-0.39, 0.29) is 6.54 Å². The Morgan fingerprint density at radius 3 is 2.56 bits per heavy atom. The van der Waals surface area contributed by atoms with Crippen molar-refractivity contribution in [1.82, 2.24) is 4.90 Å². The minimum Gasteiger partial charge on any atom is -0.480 e. The SMILES string of the molecule is CCN(C#N)CC(=O)O. The number of carbonyl (C=O) groups is 1. The molecule has 0 saturated carbocycles. The average molecular weight is 128 g/mol. The fraction of sp³-hybridized carbons (Fsp3) is 0.600. The second kappa shape index (κ2) is 3.72. The van der Waals surface area contributed by atoms with Gasteiger partial charge in [0, 0.05) is 6.54 Å². The molecule has 0 atom stereocenters. The monoisotopic (exact) mass is 128 g/mol. The predicted octanol–water partition coefficient (Wildman–Crippen LogP) is -0.126. The minimum absolute atomic E-state index is 0.201. The fourth-order valence-electron chi connectivity index (χ4n) is 0.381. The summed E-state index contributed by atoms with van der Waals surface area (Å²) >= 11 is 0. The second-order valence-electron chi connectivity index (χ2n) is 1.51. The van der Waals surface area contributed by atoms with Gasteiger partial charge in [-0.15, -0.1) is 0 Å². The van der Waals surface area contributed by atoms with Crippen LogP contribution in [-0.4, -0.2) is 29.1 Å². The molecular weight excluding hydrogens is 120 g/mol. The van der Waals surface area contributed by atoms with Crippen LogP contribution in [0.25, 0.3) is 0 Å². The largest absolute Gasteiger partial charge is 0.480 e. The average Bonchev–Trinajstić information content (AvgIpc) is 1.82. The summed E-state index contributed by atoms with van der Waals surface area (Å²) in [5, 5.41) is 16.3. The number of carboxylic acid groups (broad SMARTS) is 1. The van der Waals surface area contributed by atoms with Gasteiger partial charge in [0.15, 0.2) is 6.19 Å². The third-order valence-electron chi connectivity index (χ3n) is 0.849. The molecule has 0 aromatic heterocycles. The van der Waals surface area contributed by atoms with Gasteiger partial charge in [0.25, 0.3) is 0 Å². The number of carboxylic acids is 1. The summed E-state index contributed by atoms with van der Waals surface area (Å²) in [7, 11) is 0. The Morgan fingerprint density at radius 1 is 1.89 bits per heavy atom. The number of nitrogens with zero attached hydrogens (tertiary/aromatic N) is 2. The van der Waals surface area contributed by atoms with Crippen LogP contribution in [0.5, 0.6) is 0 Å². The fourth-order valence-corrected chi connectivity index (χ4v) is 0.381. The number of hydrogen-bond donors (Lipinski definition) is 1. The number of rotatable bonds is 3. The lowest BCUT2D eigenvalue weighted by Gasteiger charge is -2.07. The molecule has 0 unspecified atom stereocenters. The van der Waals surface area contributed by atoms with Crippen molar-refractivity contribution < 1.29 is 9.90 Å². The van der Waals surface area contributed by atoms with Crippen molar-refractivity contribution in [2.24, 2.45) is 0 Å². The molecule has 0 bridgehead atoms. The Bertz CT molecular complexity index is 138. The lowest BCUT2D eigenvalue weighted by Crippen LogP contribution is -2.24. The molecule has 9 heavy (non-hydrogen) atoms. The molecule has 4 heteroatoms. The van der Waals surface area contributed by atoms with E-state index in [1.165, 1.54) is 0 Å². The lowest BCUT2D eigenvalue weighted by molar-refractivity contribution is -0.137. The number of nitriles is 1. The van der Waals surface area contributed by atoms with E-state index in [2.05, 4.69) is 0 Å². The van der Waals surface area contributed by atoms with Crippen molar-refractivity contribution in [3.05, 3.63) is 0 Å². The van der Waals surface area contributed by atoms with Gasteiger partial charge < -0.3 is 5.11 Å². The molecule has 0 amide bonds. The topological polar surface area (TPSA) is 64.3 Å². The van der Waals surface area contributed by atoms with Crippen LogP contribution in [0, 0.1) is 11.5 Å². The second-order valence-corrected chi connectivity index (χ2v) is 1.51. The van der Waals surface area contributed by atoms with Crippen molar-refractivity contribution in [1.29, 1.82) is 5.26 Å². The highest BCUT2D eigenvalue weighted by molar-refractivity contribution is 5.69. The van der Waals surface area contributed by atoms with E-state index in [1.807, 2.05) is 0 Å². The van der Waals surface area contributed by atoms with Gasteiger partial charge in [-0.2, -0.15) is 5.26 Å². The summed E-state index contributed by atoms with van der Waals surface area (Å²) < 4.78 is 0. The molecule has 0 heterocycles. The molecule has 1 N–H and O–H groups in total. The van der Waals surface area contributed by atoms with Gasteiger partial charge in [-0.05, 0) is 6.92 Å². The summed E-state index contributed by atoms with van der Waals surface area (Å²) in [5.41, 5.74) is 0. The van der Waals surface area contributed by atoms with Gasteiger partial charge in [0.05, 0.1) is 0 Å². The number of hydrogen-bond acceptors (Lipinski definition) is 3. The van der Waals surface area contributed by atoms with Crippen LogP contribution in [0.3, 0.4) is 0 Å². The Hall–Kier alpha value is -1.24. The first-order chi connectivity index (χ1) is 4.20. The molecule has 0 aliphatic heterocycles. The molecule has 0 spiro atoms. The molecule has 4 nitrogen and oxygen atoms in total. The molecule has 0 aliphatic rings. The summed E-state index contributed by atoms with van der Waals surface area (Å²) in [6, 6.07) is 0. The van der Waals surface area contributed by atoms with E-state index >= 15 is 0 Å². The lowest BCUT2D eigenvalue weighted by atomic mass is 10.5. The van der Waals surface area contributed by atoms with Crippen LogP contribution in [0.1, 0.15) is 6.92 Å². The van der Waals surface area contributed by atoms with Crippen LogP contribution in [0.2, 0.25) is 0 Å². The van der Waals surface area contributed by atoms with Crippen LogP contribution < -0.4 is 0 Å². The third kappa shape index (κ3) is 3.35. The van der Waals surface area contributed by atoms with Gasteiger partial charge in [-0.25, -0.2) is 0 Å². The predicted molar refractivity (Wildman–Crippen MR) is 30.5 cm³/mol. The molecule has 0 saturated heterocycles. The Morgan fingerprint density at radius 2 is 2.44 bits per heavy atom. The summed E-state index contributed by atoms with van der Waals surface area (Å²) in [5.74, 6) is -0.974. The highest BCUT2D eigenvalue weighted by atomic mass is 16.4. The zero-order valence-corrected chi connectivity index (χ0v) is 5.16. The van der Waals surface area contributed by atoms with Gasteiger partial charge in [0.1, 0.15) is 6.54 Å². The smallest absolute Gasteiger partial charge is 0.323 e. The van der Waals surface area contributed by atoms with Crippen molar-refractivity contribution in [3.63, 3.8) is 0 Å². The summed E-state index contributed by atoms with van der Waals surface area (Å²) in [6.07, 6.45) is 1.74.